The van der Waals surface area contributed by atoms with Gasteiger partial charge in [0.2, 0.25) is 0 Å². The lowest BCUT2D eigenvalue weighted by atomic mass is 10.3. The molecule has 1 saturated heterocycles. The molecule has 0 amide bonds. The predicted octanol–water partition coefficient (Wildman–Crippen LogP) is -1.09. The van der Waals surface area contributed by atoms with E-state index >= 15 is 0 Å². The van der Waals surface area contributed by atoms with Crippen LogP contribution in [0.5, 0.6) is 0 Å². The number of aliphatic hydroxyl groups excluding tert-OH is 2. The number of aliphatic hydroxyl groups is 2. The summed E-state index contributed by atoms with van der Waals surface area (Å²) in [6.07, 6.45) is 0.103. The van der Waals surface area contributed by atoms with Crippen LogP contribution in [0, 0.1) is 5.41 Å². The Labute approximate surface area is 92.8 Å². The van der Waals surface area contributed by atoms with Crippen LogP contribution < -0.4 is 10.6 Å². The third-order valence-corrected chi connectivity index (χ3v) is 2.64. The molecule has 1 aliphatic heterocycles. The number of anilines is 1. The van der Waals surface area contributed by atoms with Gasteiger partial charge >= 0.3 is 0 Å². The molecule has 86 valence electrons. The molecule has 0 bridgehead atoms. The number of amidine groups is 1. The van der Waals surface area contributed by atoms with Crippen molar-refractivity contribution in [2.45, 2.75) is 12.2 Å². The molecule has 0 aliphatic carbocycles. The average Bonchev–Trinajstić information content (AvgIpc) is 2.59. The van der Waals surface area contributed by atoms with Crippen LogP contribution >= 0.6 is 0 Å². The molecule has 0 radical (unpaired) electrons. The molecule has 1 aliphatic rings. The lowest BCUT2D eigenvalue weighted by molar-refractivity contribution is 0.0572. The molecule has 0 spiro atoms. The molecular weight excluding hydrogens is 208 g/mol. The van der Waals surface area contributed by atoms with Gasteiger partial charge in [0.25, 0.3) is 0 Å². The van der Waals surface area contributed by atoms with E-state index in [1.54, 1.807) is 18.3 Å². The molecule has 2 heterocycles. The Morgan fingerprint density at radius 2 is 2.06 bits per heavy atom. The molecule has 1 aromatic rings. The summed E-state index contributed by atoms with van der Waals surface area (Å²) in [6.45, 7) is 0.755. The van der Waals surface area contributed by atoms with Crippen molar-refractivity contribution in [2.75, 3.05) is 18.0 Å². The third-order valence-electron chi connectivity index (χ3n) is 2.64. The summed E-state index contributed by atoms with van der Waals surface area (Å²) in [5.74, 6) is -0.0952. The number of hydrogen-bond donors (Lipinski definition) is 4. The van der Waals surface area contributed by atoms with E-state index in [9.17, 15) is 10.2 Å². The average molecular weight is 222 g/mol. The van der Waals surface area contributed by atoms with Gasteiger partial charge in [-0.3, -0.25) is 10.4 Å². The number of β-amino-alcohol motifs (C(OH)–C–C–N with tert-alkyl or cyclic N) is 2. The molecule has 0 aromatic carbocycles. The fraction of sp³-hybridized carbons (Fsp3) is 0.400. The van der Waals surface area contributed by atoms with Crippen LogP contribution in [0.3, 0.4) is 0 Å². The Morgan fingerprint density at radius 1 is 1.44 bits per heavy atom. The fourth-order valence-corrected chi connectivity index (χ4v) is 1.74. The van der Waals surface area contributed by atoms with Crippen molar-refractivity contribution in [1.82, 2.24) is 4.98 Å². The zero-order valence-corrected chi connectivity index (χ0v) is 8.67. The van der Waals surface area contributed by atoms with Crippen molar-refractivity contribution in [3.63, 3.8) is 0 Å². The quantitative estimate of drug-likeness (QED) is 0.375. The Kier molecular flexibility index (Phi) is 2.76. The van der Waals surface area contributed by atoms with Crippen LogP contribution in [0.2, 0.25) is 0 Å². The molecule has 6 heteroatoms. The molecule has 0 saturated carbocycles. The van der Waals surface area contributed by atoms with Gasteiger partial charge in [0.1, 0.15) is 11.5 Å². The first-order valence-corrected chi connectivity index (χ1v) is 4.99. The molecule has 1 fully saturated rings. The first-order valence-electron chi connectivity index (χ1n) is 4.99. The predicted molar refractivity (Wildman–Crippen MR) is 59.5 cm³/mol. The van der Waals surface area contributed by atoms with E-state index in [0.29, 0.717) is 18.8 Å². The second-order valence-corrected chi connectivity index (χ2v) is 3.85. The van der Waals surface area contributed by atoms with Gasteiger partial charge in [0, 0.05) is 25.0 Å². The molecule has 2 atom stereocenters. The van der Waals surface area contributed by atoms with Crippen LogP contribution in [0.1, 0.15) is 5.69 Å². The monoisotopic (exact) mass is 222 g/mol. The lowest BCUT2D eigenvalue weighted by Gasteiger charge is -2.17. The fourth-order valence-electron chi connectivity index (χ4n) is 1.74. The Bertz CT molecular complexity index is 400. The molecule has 1 aromatic heterocycles. The van der Waals surface area contributed by atoms with Gasteiger partial charge in [0.05, 0.1) is 12.2 Å². The van der Waals surface area contributed by atoms with Crippen molar-refractivity contribution in [1.29, 1.82) is 5.41 Å². The van der Waals surface area contributed by atoms with Gasteiger partial charge in [-0.15, -0.1) is 0 Å². The first kappa shape index (κ1) is 10.8. The zero-order chi connectivity index (χ0) is 11.7. The molecule has 6 nitrogen and oxygen atoms in total. The van der Waals surface area contributed by atoms with E-state index in [1.807, 2.05) is 4.90 Å². The van der Waals surface area contributed by atoms with Crippen LogP contribution in [-0.2, 0) is 0 Å². The molecular formula is C10H14N4O2. The van der Waals surface area contributed by atoms with E-state index in [1.165, 1.54) is 0 Å². The summed E-state index contributed by atoms with van der Waals surface area (Å²) in [6, 6.07) is 3.43. The first-order chi connectivity index (χ1) is 7.58. The number of hydrogen-bond acceptors (Lipinski definition) is 5. The summed E-state index contributed by atoms with van der Waals surface area (Å²) in [7, 11) is 0. The van der Waals surface area contributed by atoms with E-state index in [-0.39, 0.29) is 5.84 Å². The van der Waals surface area contributed by atoms with Crippen molar-refractivity contribution >= 4 is 11.5 Å². The van der Waals surface area contributed by atoms with Gasteiger partial charge in [0.15, 0.2) is 0 Å². The smallest absolute Gasteiger partial charge is 0.141 e. The van der Waals surface area contributed by atoms with Gasteiger partial charge in [-0.2, -0.15) is 0 Å². The minimum atomic E-state index is -0.728. The van der Waals surface area contributed by atoms with Gasteiger partial charge in [-0.25, -0.2) is 0 Å². The van der Waals surface area contributed by atoms with Crippen molar-refractivity contribution in [2.24, 2.45) is 5.73 Å². The van der Waals surface area contributed by atoms with Crippen LogP contribution in [0.25, 0.3) is 0 Å². The van der Waals surface area contributed by atoms with Crippen molar-refractivity contribution in [3.05, 3.63) is 24.0 Å². The number of nitrogen functional groups attached to an aromatic ring is 1. The van der Waals surface area contributed by atoms with Crippen LogP contribution in [0.15, 0.2) is 18.3 Å². The summed E-state index contributed by atoms with van der Waals surface area (Å²) in [4.78, 5) is 5.78. The van der Waals surface area contributed by atoms with E-state index in [2.05, 4.69) is 4.98 Å². The minimum absolute atomic E-state index is 0.0952. The van der Waals surface area contributed by atoms with Gasteiger partial charge in [-0.1, -0.05) is 0 Å². The van der Waals surface area contributed by atoms with Crippen LogP contribution in [-0.4, -0.2) is 46.3 Å². The highest BCUT2D eigenvalue weighted by atomic mass is 16.3. The number of nitrogens with zero attached hydrogens (tertiary/aromatic N) is 2. The second-order valence-electron chi connectivity index (χ2n) is 3.85. The van der Waals surface area contributed by atoms with Crippen LogP contribution in [0.4, 0.5) is 5.69 Å². The molecule has 5 N–H and O–H groups in total. The maximum Gasteiger partial charge on any atom is 0.141 e. The standard InChI is InChI=1S/C10H14N4O2/c11-10(12)7-3-6(1-2-13-7)14-4-8(15)9(16)5-14/h1-3,8-9,15-16H,4-5H2,(H3,11,12). The Morgan fingerprint density at radius 3 is 2.62 bits per heavy atom. The molecule has 2 rings (SSSR count). The van der Waals surface area contributed by atoms with Gasteiger partial charge < -0.3 is 20.8 Å². The number of aromatic nitrogens is 1. The minimum Gasteiger partial charge on any atom is -0.389 e. The van der Waals surface area contributed by atoms with E-state index in [4.69, 9.17) is 11.1 Å². The summed E-state index contributed by atoms with van der Waals surface area (Å²) < 4.78 is 0. The number of pyridine rings is 1. The normalized spacial score (nSPS) is 24.8. The van der Waals surface area contributed by atoms with Crippen molar-refractivity contribution < 1.29 is 10.2 Å². The van der Waals surface area contributed by atoms with E-state index < -0.39 is 12.2 Å². The topological polar surface area (TPSA) is 106 Å². The number of rotatable bonds is 2. The van der Waals surface area contributed by atoms with Crippen molar-refractivity contribution in [3.8, 4) is 0 Å². The largest absolute Gasteiger partial charge is 0.389 e. The Balaban J connectivity index is 2.21. The summed E-state index contributed by atoms with van der Waals surface area (Å²) in [5, 5.41) is 26.1. The summed E-state index contributed by atoms with van der Waals surface area (Å²) >= 11 is 0. The highest BCUT2D eigenvalue weighted by Crippen LogP contribution is 2.20. The maximum atomic E-state index is 9.43. The summed E-state index contributed by atoms with van der Waals surface area (Å²) in [5.41, 5.74) is 6.54. The Hall–Kier alpha value is -1.66. The number of nitrogens with one attached hydrogen (secondary N) is 1. The zero-order valence-electron chi connectivity index (χ0n) is 8.67. The highest BCUT2D eigenvalue weighted by molar-refractivity contribution is 5.93. The van der Waals surface area contributed by atoms with Gasteiger partial charge in [-0.05, 0) is 12.1 Å². The maximum absolute atomic E-state index is 9.43. The SMILES string of the molecule is N=C(N)c1cc(N2CC(O)C(O)C2)ccn1. The lowest BCUT2D eigenvalue weighted by Crippen LogP contribution is -2.22. The molecule has 16 heavy (non-hydrogen) atoms. The third kappa shape index (κ3) is 1.98. The highest BCUT2D eigenvalue weighted by Gasteiger charge is 2.29. The van der Waals surface area contributed by atoms with E-state index in [0.717, 1.165) is 5.69 Å². The second kappa shape index (κ2) is 4.07. The number of nitrogens with two attached hydrogens (primary N) is 1. The molecule has 2 unspecified atom stereocenters.